The minimum atomic E-state index is -1.43. The smallest absolute Gasteiger partial charge is 0.408 e. The van der Waals surface area contributed by atoms with Crippen molar-refractivity contribution in [1.82, 2.24) is 30.5 Å². The molecule has 2 aliphatic heterocycles. The van der Waals surface area contributed by atoms with Gasteiger partial charge in [0.2, 0.25) is 17.7 Å². The molecule has 14 heteroatoms. The zero-order valence-electron chi connectivity index (χ0n) is 26.4. The van der Waals surface area contributed by atoms with Crippen molar-refractivity contribution in [3.8, 4) is 17.4 Å². The molecule has 4 aliphatic rings. The second-order valence-corrected chi connectivity index (χ2v) is 13.9. The number of aromatic nitrogens is 3. The minimum absolute atomic E-state index is 0.0325. The van der Waals surface area contributed by atoms with E-state index in [9.17, 15) is 24.3 Å². The summed E-state index contributed by atoms with van der Waals surface area (Å²) < 4.78 is 12.0. The number of carbonyl (C=O) groups excluding carboxylic acids is 3. The molecule has 2 aliphatic carbocycles. The van der Waals surface area contributed by atoms with Gasteiger partial charge in [0.05, 0.1) is 11.9 Å². The van der Waals surface area contributed by atoms with Crippen LogP contribution in [-0.2, 0) is 19.1 Å². The first-order valence-corrected chi connectivity index (χ1v) is 17.5. The van der Waals surface area contributed by atoms with Crippen molar-refractivity contribution in [2.45, 2.75) is 94.0 Å². The summed E-state index contributed by atoms with van der Waals surface area (Å²) in [5, 5.41) is 18.3. The fourth-order valence-corrected chi connectivity index (χ4v) is 7.40. The normalized spacial score (nSPS) is 28.5. The number of ether oxygens (including phenoxy) is 2. The van der Waals surface area contributed by atoms with E-state index in [0.717, 1.165) is 38.5 Å². The van der Waals surface area contributed by atoms with E-state index in [4.69, 9.17) is 9.47 Å². The molecule has 3 amide bonds. The van der Waals surface area contributed by atoms with Crippen molar-refractivity contribution >= 4 is 45.4 Å². The fraction of sp³-hybridized carbons (Fsp3) is 0.500. The molecule has 3 aromatic rings. The highest BCUT2D eigenvalue weighted by atomic mass is 32.1. The van der Waals surface area contributed by atoms with Gasteiger partial charge in [-0.05, 0) is 68.5 Å². The van der Waals surface area contributed by atoms with Gasteiger partial charge in [-0.25, -0.2) is 14.6 Å². The van der Waals surface area contributed by atoms with Crippen LogP contribution in [0.25, 0.3) is 21.7 Å². The predicted octanol–water partition coefficient (Wildman–Crippen LogP) is 4.23. The first-order chi connectivity index (χ1) is 23.3. The maximum atomic E-state index is 14.3. The highest BCUT2D eigenvalue weighted by Gasteiger charge is 2.61. The Balaban J connectivity index is 1.18. The largest absolute Gasteiger partial charge is 0.479 e. The van der Waals surface area contributed by atoms with Gasteiger partial charge in [0.15, 0.2) is 5.82 Å². The molecule has 252 valence electrons. The summed E-state index contributed by atoms with van der Waals surface area (Å²) in [6.07, 6.45) is 10.4. The van der Waals surface area contributed by atoms with E-state index in [2.05, 4.69) is 25.6 Å². The molecule has 1 saturated heterocycles. The van der Waals surface area contributed by atoms with Gasteiger partial charge in [-0.2, -0.15) is 4.98 Å². The van der Waals surface area contributed by atoms with Crippen LogP contribution in [0.2, 0.25) is 0 Å². The van der Waals surface area contributed by atoms with E-state index in [1.807, 2.05) is 29.7 Å². The lowest BCUT2D eigenvalue weighted by atomic mass is 9.96. The van der Waals surface area contributed by atoms with Crippen molar-refractivity contribution in [2.75, 3.05) is 6.54 Å². The molecule has 0 aromatic carbocycles. The van der Waals surface area contributed by atoms with Crippen LogP contribution in [0.5, 0.6) is 5.88 Å². The number of carboxylic acid groups (broad SMARTS) is 1. The maximum Gasteiger partial charge on any atom is 0.408 e. The number of allylic oxidation sites excluding steroid dienone is 1. The number of alkyl carbamates (subject to hydrolysis) is 1. The molecule has 0 spiro atoms. The first-order valence-electron chi connectivity index (χ1n) is 16.6. The second-order valence-electron chi connectivity index (χ2n) is 13.0. The Morgan fingerprint density at radius 2 is 1.94 bits per heavy atom. The lowest BCUT2D eigenvalue weighted by Crippen LogP contribution is -2.56. The number of aliphatic carboxylic acids is 1. The number of amides is 3. The summed E-state index contributed by atoms with van der Waals surface area (Å²) in [5.41, 5.74) is -0.861. The van der Waals surface area contributed by atoms with Gasteiger partial charge in [0.25, 0.3) is 0 Å². The monoisotopic (exact) mass is 674 g/mol. The molecule has 13 nitrogen and oxygen atoms in total. The molecule has 5 atom stereocenters. The first kappa shape index (κ1) is 32.0. The van der Waals surface area contributed by atoms with Gasteiger partial charge in [-0.1, -0.05) is 31.1 Å². The average molecular weight is 675 g/mol. The van der Waals surface area contributed by atoms with E-state index in [0.29, 0.717) is 40.5 Å². The van der Waals surface area contributed by atoms with Gasteiger partial charge in [0.1, 0.15) is 40.4 Å². The van der Waals surface area contributed by atoms with Gasteiger partial charge in [-0.15, -0.1) is 11.3 Å². The number of rotatable bonds is 6. The maximum absolute atomic E-state index is 14.3. The molecule has 3 fully saturated rings. The molecule has 3 N–H and O–H groups in total. The van der Waals surface area contributed by atoms with Gasteiger partial charge in [0, 0.05) is 18.5 Å². The predicted molar refractivity (Wildman–Crippen MR) is 175 cm³/mol. The molecule has 2 saturated carbocycles. The number of hydrogen-bond acceptors (Lipinski definition) is 10. The second kappa shape index (κ2) is 13.5. The molecule has 48 heavy (non-hydrogen) atoms. The molecule has 0 bridgehead atoms. The van der Waals surface area contributed by atoms with Gasteiger partial charge in [-0.3, -0.25) is 14.6 Å². The fourth-order valence-electron chi connectivity index (χ4n) is 6.65. The number of carboxylic acids is 1. The number of nitrogens with one attached hydrogen (secondary N) is 2. The number of pyridine rings is 1. The van der Waals surface area contributed by atoms with Crippen LogP contribution >= 0.6 is 11.3 Å². The Labute approximate surface area is 281 Å². The van der Waals surface area contributed by atoms with Crippen molar-refractivity contribution < 1.29 is 33.8 Å². The molecular weight excluding hydrogens is 636 g/mol. The van der Waals surface area contributed by atoms with Crippen LogP contribution in [0.15, 0.2) is 48.0 Å². The van der Waals surface area contributed by atoms with E-state index < -0.39 is 47.6 Å². The van der Waals surface area contributed by atoms with E-state index >= 15 is 0 Å². The van der Waals surface area contributed by atoms with E-state index in [1.165, 1.54) is 16.2 Å². The van der Waals surface area contributed by atoms with Crippen molar-refractivity contribution in [1.29, 1.82) is 0 Å². The zero-order valence-corrected chi connectivity index (χ0v) is 27.2. The Hall–Kier alpha value is -4.59. The summed E-state index contributed by atoms with van der Waals surface area (Å²) in [5.74, 6) is -1.77. The van der Waals surface area contributed by atoms with Crippen molar-refractivity contribution in [3.05, 3.63) is 48.0 Å². The van der Waals surface area contributed by atoms with Gasteiger partial charge < -0.3 is 30.1 Å². The number of fused-ring (bicyclic) bond motifs is 3. The van der Waals surface area contributed by atoms with Crippen LogP contribution < -0.4 is 15.4 Å². The topological polar surface area (TPSA) is 173 Å². The third-order valence-electron chi connectivity index (χ3n) is 9.70. The molecule has 5 heterocycles. The molecule has 7 rings (SSSR count). The third kappa shape index (κ3) is 6.58. The zero-order chi connectivity index (χ0) is 33.3. The Kier molecular flexibility index (Phi) is 8.99. The number of carbonyl (C=O) groups is 4. The number of nitrogens with zero attached hydrogens (tertiary/aromatic N) is 4. The molecule has 0 unspecified atom stereocenters. The van der Waals surface area contributed by atoms with Crippen molar-refractivity contribution in [2.24, 2.45) is 5.92 Å². The SMILES string of the molecule is O=C(N[C@H]1CCCCC/C=C\[C@H]2C[C@@]2(C(=O)O)NC(=O)[C@@H]2C[C@@H](Oc3nc(-c4ccccn4)nc4sccc34)CN2C1=O)OC1CCC1. The van der Waals surface area contributed by atoms with Crippen LogP contribution in [0, 0.1) is 5.92 Å². The lowest BCUT2D eigenvalue weighted by molar-refractivity contribution is -0.145. The minimum Gasteiger partial charge on any atom is -0.479 e. The molecule has 0 radical (unpaired) electrons. The number of hydrogen-bond donors (Lipinski definition) is 3. The average Bonchev–Trinajstić information content (AvgIpc) is 3.35. The number of thiophene rings is 1. The van der Waals surface area contributed by atoms with Crippen LogP contribution in [0.4, 0.5) is 4.79 Å². The molecule has 3 aromatic heterocycles. The molecular formula is C34H38N6O7S. The highest BCUT2D eigenvalue weighted by Crippen LogP contribution is 2.45. The highest BCUT2D eigenvalue weighted by molar-refractivity contribution is 7.16. The quantitative estimate of drug-likeness (QED) is 0.321. The summed E-state index contributed by atoms with van der Waals surface area (Å²) in [6.45, 7) is 0.0325. The third-order valence-corrected chi connectivity index (χ3v) is 10.5. The Morgan fingerprint density at radius 3 is 2.71 bits per heavy atom. The Bertz CT molecular complexity index is 1730. The lowest BCUT2D eigenvalue weighted by Gasteiger charge is -2.30. The van der Waals surface area contributed by atoms with Crippen LogP contribution in [0.1, 0.15) is 64.2 Å². The standard InChI is InChI=1S/C34H38N6O7S/c41-28-26-17-22(46-29-23-14-16-48-30(23)38-27(37-29)24-12-6-7-15-35-24)19-40(26)31(42)25(36-33(45)47-21-10-8-11-21)13-5-3-1-2-4-9-20-18-34(20,39-28)32(43)44/h4,6-7,9,12,14-16,20-22,25-26H,1-3,5,8,10-11,13,17-19H2,(H,36,45)(H,39,41)(H,43,44)/b9-4-/t20-,22+,25-,26-,34+/m0/s1. The van der Waals surface area contributed by atoms with Crippen LogP contribution in [0.3, 0.4) is 0 Å². The summed E-state index contributed by atoms with van der Waals surface area (Å²) in [7, 11) is 0. The van der Waals surface area contributed by atoms with E-state index in [1.54, 1.807) is 18.3 Å². The Morgan fingerprint density at radius 1 is 1.06 bits per heavy atom. The van der Waals surface area contributed by atoms with Gasteiger partial charge >= 0.3 is 12.1 Å². The van der Waals surface area contributed by atoms with Crippen LogP contribution in [-0.4, -0.2) is 85.2 Å². The summed E-state index contributed by atoms with van der Waals surface area (Å²) in [4.78, 5) is 69.4. The summed E-state index contributed by atoms with van der Waals surface area (Å²) in [6, 6.07) is 5.34. The van der Waals surface area contributed by atoms with Crippen molar-refractivity contribution in [3.63, 3.8) is 0 Å². The summed E-state index contributed by atoms with van der Waals surface area (Å²) >= 11 is 1.43. The van der Waals surface area contributed by atoms with E-state index in [-0.39, 0.29) is 31.4 Å².